The van der Waals surface area contributed by atoms with Crippen molar-refractivity contribution in [1.82, 2.24) is 10.2 Å². The zero-order valence-corrected chi connectivity index (χ0v) is 15.6. The van der Waals surface area contributed by atoms with Crippen molar-refractivity contribution in [2.75, 3.05) is 0 Å². The van der Waals surface area contributed by atoms with Crippen LogP contribution in [0.2, 0.25) is 0 Å². The Bertz CT molecular complexity index is 1200. The Morgan fingerprint density at radius 2 is 1.89 bits per heavy atom. The average molecular weight is 394 g/mol. The number of fused-ring (bicyclic) bond motifs is 1. The highest BCUT2D eigenvalue weighted by Crippen LogP contribution is 2.24. The molecule has 0 saturated carbocycles. The smallest absolute Gasteiger partial charge is 0.336 e. The molecule has 0 saturated heterocycles. The minimum atomic E-state index is -0.413. The SMILES string of the molecule is Cc1cc(=O)oc2cc(OCc3nnc(SC(=O)c4ccccc4)o3)ccc12. The summed E-state index contributed by atoms with van der Waals surface area (Å²) in [6.07, 6.45) is 0. The molecule has 0 aliphatic heterocycles. The molecule has 7 nitrogen and oxygen atoms in total. The second-order valence-corrected chi connectivity index (χ2v) is 6.84. The van der Waals surface area contributed by atoms with Crippen LogP contribution in [0.1, 0.15) is 21.8 Å². The first-order valence-corrected chi connectivity index (χ1v) is 9.17. The van der Waals surface area contributed by atoms with Gasteiger partial charge in [-0.3, -0.25) is 4.79 Å². The maximum absolute atomic E-state index is 12.2. The molecule has 0 atom stereocenters. The zero-order chi connectivity index (χ0) is 19.5. The van der Waals surface area contributed by atoms with Crippen LogP contribution < -0.4 is 10.4 Å². The molecule has 0 fully saturated rings. The standard InChI is InChI=1S/C20H14N2O5S/c1-12-9-18(23)26-16-10-14(7-8-15(12)16)25-11-17-21-22-20(27-17)28-19(24)13-5-3-2-4-6-13/h2-10H,11H2,1H3. The van der Waals surface area contributed by atoms with Gasteiger partial charge in [0.2, 0.25) is 5.12 Å². The van der Waals surface area contributed by atoms with Crippen LogP contribution >= 0.6 is 11.8 Å². The number of hydrogen-bond acceptors (Lipinski definition) is 8. The predicted octanol–water partition coefficient (Wildman–Crippen LogP) is 4.00. The summed E-state index contributed by atoms with van der Waals surface area (Å²) in [5, 5.41) is 8.53. The lowest BCUT2D eigenvalue weighted by atomic mass is 10.1. The molecule has 2 aromatic heterocycles. The lowest BCUT2D eigenvalue weighted by molar-refractivity contribution is 0.108. The van der Waals surface area contributed by atoms with Gasteiger partial charge in [0.1, 0.15) is 11.3 Å². The highest BCUT2D eigenvalue weighted by molar-refractivity contribution is 8.14. The molecule has 0 aliphatic rings. The molecule has 0 radical (unpaired) electrons. The normalized spacial score (nSPS) is 10.9. The summed E-state index contributed by atoms with van der Waals surface area (Å²) in [5.41, 5.74) is 1.41. The third-order valence-electron chi connectivity index (χ3n) is 3.92. The third-order valence-corrected chi connectivity index (χ3v) is 4.68. The van der Waals surface area contributed by atoms with Gasteiger partial charge < -0.3 is 13.6 Å². The number of rotatable bonds is 5. The molecular formula is C20H14N2O5S. The lowest BCUT2D eigenvalue weighted by Gasteiger charge is -2.05. The van der Waals surface area contributed by atoms with Gasteiger partial charge in [-0.25, -0.2) is 4.79 Å². The number of aryl methyl sites for hydroxylation is 1. The average Bonchev–Trinajstić information content (AvgIpc) is 3.14. The molecule has 28 heavy (non-hydrogen) atoms. The highest BCUT2D eigenvalue weighted by atomic mass is 32.2. The van der Waals surface area contributed by atoms with Gasteiger partial charge in [0.05, 0.1) is 0 Å². The van der Waals surface area contributed by atoms with E-state index in [9.17, 15) is 9.59 Å². The summed E-state index contributed by atoms with van der Waals surface area (Å²) in [5.74, 6) is 0.725. The van der Waals surface area contributed by atoms with Crippen molar-refractivity contribution in [3.8, 4) is 5.75 Å². The van der Waals surface area contributed by atoms with Crippen LogP contribution in [0.3, 0.4) is 0 Å². The number of carbonyl (C=O) groups is 1. The molecule has 8 heteroatoms. The van der Waals surface area contributed by atoms with Gasteiger partial charge in [-0.1, -0.05) is 30.3 Å². The molecule has 0 spiro atoms. The molecule has 0 aliphatic carbocycles. The number of thioether (sulfide) groups is 1. The van der Waals surface area contributed by atoms with Crippen LogP contribution in [0.5, 0.6) is 5.75 Å². The first-order valence-electron chi connectivity index (χ1n) is 8.35. The molecular weight excluding hydrogens is 380 g/mol. The maximum Gasteiger partial charge on any atom is 0.336 e. The molecule has 4 rings (SSSR count). The Morgan fingerprint density at radius 3 is 2.71 bits per heavy atom. The van der Waals surface area contributed by atoms with E-state index in [0.29, 0.717) is 16.9 Å². The van der Waals surface area contributed by atoms with Gasteiger partial charge in [-0.15, -0.1) is 10.2 Å². The van der Waals surface area contributed by atoms with Crippen LogP contribution in [-0.4, -0.2) is 15.3 Å². The summed E-state index contributed by atoms with van der Waals surface area (Å²) in [4.78, 5) is 23.7. The monoisotopic (exact) mass is 394 g/mol. The van der Waals surface area contributed by atoms with Gasteiger partial charge in [0.15, 0.2) is 6.61 Å². The Kier molecular flexibility index (Phi) is 4.94. The summed E-state index contributed by atoms with van der Waals surface area (Å²) >= 11 is 0.860. The molecule has 0 unspecified atom stereocenters. The van der Waals surface area contributed by atoms with Crippen molar-refractivity contribution in [2.24, 2.45) is 0 Å². The van der Waals surface area contributed by atoms with Crippen molar-refractivity contribution in [3.63, 3.8) is 0 Å². The van der Waals surface area contributed by atoms with Crippen LogP contribution in [0, 0.1) is 6.92 Å². The summed E-state index contributed by atoms with van der Waals surface area (Å²) < 4.78 is 16.3. The van der Waals surface area contributed by atoms with E-state index < -0.39 is 5.63 Å². The summed E-state index contributed by atoms with van der Waals surface area (Å²) in [6, 6.07) is 15.5. The van der Waals surface area contributed by atoms with Gasteiger partial charge >= 0.3 is 5.63 Å². The predicted molar refractivity (Wildman–Crippen MR) is 102 cm³/mol. The van der Waals surface area contributed by atoms with E-state index in [2.05, 4.69) is 10.2 Å². The van der Waals surface area contributed by atoms with E-state index in [1.807, 2.05) is 19.1 Å². The fourth-order valence-corrected chi connectivity index (χ4v) is 3.22. The van der Waals surface area contributed by atoms with Crippen LogP contribution in [-0.2, 0) is 6.61 Å². The quantitative estimate of drug-likeness (QED) is 0.370. The maximum atomic E-state index is 12.2. The number of carbonyl (C=O) groups excluding carboxylic acids is 1. The van der Waals surface area contributed by atoms with Crippen molar-refractivity contribution in [2.45, 2.75) is 18.8 Å². The minimum absolute atomic E-state index is 0.0225. The van der Waals surface area contributed by atoms with Crippen molar-refractivity contribution < 1.29 is 18.4 Å². The second kappa shape index (κ2) is 7.69. The third kappa shape index (κ3) is 3.96. The second-order valence-electron chi connectivity index (χ2n) is 5.91. The number of aromatic nitrogens is 2. The Balaban J connectivity index is 1.42. The summed E-state index contributed by atoms with van der Waals surface area (Å²) in [7, 11) is 0. The highest BCUT2D eigenvalue weighted by Gasteiger charge is 2.14. The Hall–Kier alpha value is -3.39. The van der Waals surface area contributed by atoms with E-state index in [-0.39, 0.29) is 22.8 Å². The van der Waals surface area contributed by atoms with Crippen LogP contribution in [0.4, 0.5) is 0 Å². The number of benzene rings is 2. The van der Waals surface area contributed by atoms with Crippen LogP contribution in [0.25, 0.3) is 11.0 Å². The van der Waals surface area contributed by atoms with Gasteiger partial charge in [-0.2, -0.15) is 0 Å². The van der Waals surface area contributed by atoms with Gasteiger partial charge in [0.25, 0.3) is 11.1 Å². The lowest BCUT2D eigenvalue weighted by Crippen LogP contribution is -1.99. The van der Waals surface area contributed by atoms with E-state index in [0.717, 1.165) is 22.7 Å². The fourth-order valence-electron chi connectivity index (χ4n) is 2.59. The van der Waals surface area contributed by atoms with E-state index in [1.54, 1.807) is 36.4 Å². The van der Waals surface area contributed by atoms with E-state index in [4.69, 9.17) is 13.6 Å². The van der Waals surface area contributed by atoms with Gasteiger partial charge in [0, 0.05) is 34.8 Å². The van der Waals surface area contributed by atoms with Crippen molar-refractivity contribution in [1.29, 1.82) is 0 Å². The first kappa shape index (κ1) is 18.0. The van der Waals surface area contributed by atoms with Gasteiger partial charge in [-0.05, 0) is 24.6 Å². The molecule has 0 amide bonds. The molecule has 2 aromatic carbocycles. The minimum Gasteiger partial charge on any atom is -0.484 e. The van der Waals surface area contributed by atoms with E-state index in [1.165, 1.54) is 6.07 Å². The Morgan fingerprint density at radius 1 is 1.07 bits per heavy atom. The first-order chi connectivity index (χ1) is 13.6. The largest absolute Gasteiger partial charge is 0.484 e. The topological polar surface area (TPSA) is 95.4 Å². The number of nitrogens with zero attached hydrogens (tertiary/aromatic N) is 2. The summed E-state index contributed by atoms with van der Waals surface area (Å²) in [6.45, 7) is 1.86. The fraction of sp³-hybridized carbons (Fsp3) is 0.100. The molecule has 0 bridgehead atoms. The molecule has 2 heterocycles. The Labute approximate surface area is 163 Å². The number of hydrogen-bond donors (Lipinski definition) is 0. The van der Waals surface area contributed by atoms with Crippen molar-refractivity contribution >= 4 is 27.8 Å². The molecule has 4 aromatic rings. The van der Waals surface area contributed by atoms with Crippen LogP contribution in [0.15, 0.2) is 73.4 Å². The zero-order valence-electron chi connectivity index (χ0n) is 14.7. The van der Waals surface area contributed by atoms with Crippen molar-refractivity contribution in [3.05, 3.63) is 82.0 Å². The molecule has 140 valence electrons. The number of ether oxygens (including phenoxy) is 1. The molecule has 0 N–H and O–H groups in total. The van der Waals surface area contributed by atoms with E-state index >= 15 is 0 Å².